The molecule has 1 atom stereocenters. The predicted molar refractivity (Wildman–Crippen MR) is 43.0 cm³/mol. The molecule has 0 bridgehead atoms. The number of hydrogen-bond acceptors (Lipinski definition) is 3. The topological polar surface area (TPSA) is 21.7 Å². The highest BCUT2D eigenvalue weighted by Gasteiger charge is 2.24. The highest BCUT2D eigenvalue weighted by molar-refractivity contribution is 4.64. The second-order valence-electron chi connectivity index (χ2n) is 2.61. The number of hydrogen-bond donors (Lipinski definition) is 0. The quantitative estimate of drug-likeness (QED) is 0.619. The van der Waals surface area contributed by atoms with Crippen LogP contribution in [0.3, 0.4) is 0 Å². The van der Waals surface area contributed by atoms with Gasteiger partial charge in [-0.3, -0.25) is 4.84 Å². The van der Waals surface area contributed by atoms with Gasteiger partial charge >= 0.3 is 0 Å². The van der Waals surface area contributed by atoms with Crippen LogP contribution >= 0.6 is 0 Å². The lowest BCUT2D eigenvalue weighted by molar-refractivity contribution is -0.229. The highest BCUT2D eigenvalue weighted by atomic mass is 16.7. The molecule has 3 nitrogen and oxygen atoms in total. The maximum Gasteiger partial charge on any atom is 0.133 e. The monoisotopic (exact) mass is 159 g/mol. The van der Waals surface area contributed by atoms with E-state index >= 15 is 0 Å². The van der Waals surface area contributed by atoms with Gasteiger partial charge < -0.3 is 4.74 Å². The van der Waals surface area contributed by atoms with Crippen LogP contribution in [0.1, 0.15) is 26.7 Å². The molecule has 66 valence electrons. The molecule has 0 aliphatic carbocycles. The lowest BCUT2D eigenvalue weighted by Crippen LogP contribution is -2.31. The van der Waals surface area contributed by atoms with Crippen molar-refractivity contribution in [1.29, 1.82) is 0 Å². The molecule has 0 amide bonds. The molecule has 1 aliphatic rings. The molecule has 0 saturated carbocycles. The largest absolute Gasteiger partial charge is 0.361 e. The van der Waals surface area contributed by atoms with Crippen molar-refractivity contribution in [3.8, 4) is 0 Å². The summed E-state index contributed by atoms with van der Waals surface area (Å²) < 4.78 is 5.47. The zero-order chi connectivity index (χ0) is 8.10. The minimum Gasteiger partial charge on any atom is -0.361 e. The van der Waals surface area contributed by atoms with E-state index in [9.17, 15) is 0 Å². The third-order valence-electron chi connectivity index (χ3n) is 1.80. The first-order valence-electron chi connectivity index (χ1n) is 4.39. The fraction of sp³-hybridized carbons (Fsp3) is 1.00. The molecule has 1 fully saturated rings. The standard InChI is InChI=1S/C8H17NO2/c1-3-10-8-6-5-7-9(8)11-4-2/h8H,3-7H2,1-2H3. The van der Waals surface area contributed by atoms with Crippen molar-refractivity contribution < 1.29 is 9.57 Å². The summed E-state index contributed by atoms with van der Waals surface area (Å²) in [5.41, 5.74) is 0. The van der Waals surface area contributed by atoms with Gasteiger partial charge in [-0.1, -0.05) is 0 Å². The van der Waals surface area contributed by atoms with Crippen molar-refractivity contribution in [2.75, 3.05) is 19.8 Å². The maximum absolute atomic E-state index is 5.47. The zero-order valence-electron chi connectivity index (χ0n) is 7.38. The lowest BCUT2D eigenvalue weighted by Gasteiger charge is -2.22. The average Bonchev–Trinajstić information content (AvgIpc) is 2.39. The van der Waals surface area contributed by atoms with Crippen LogP contribution in [-0.4, -0.2) is 31.0 Å². The predicted octanol–water partition coefficient (Wildman–Crippen LogP) is 1.40. The van der Waals surface area contributed by atoms with Crippen molar-refractivity contribution in [3.05, 3.63) is 0 Å². The summed E-state index contributed by atoms with van der Waals surface area (Å²) in [6, 6.07) is 0. The van der Waals surface area contributed by atoms with Crippen LogP contribution < -0.4 is 0 Å². The fourth-order valence-corrected chi connectivity index (χ4v) is 1.38. The van der Waals surface area contributed by atoms with Crippen LogP contribution in [0.5, 0.6) is 0 Å². The number of ether oxygens (including phenoxy) is 1. The molecule has 0 aromatic rings. The van der Waals surface area contributed by atoms with Crippen molar-refractivity contribution in [3.63, 3.8) is 0 Å². The van der Waals surface area contributed by atoms with Gasteiger partial charge in [-0.25, -0.2) is 0 Å². The summed E-state index contributed by atoms with van der Waals surface area (Å²) in [5, 5.41) is 1.95. The van der Waals surface area contributed by atoms with Gasteiger partial charge in [0.2, 0.25) is 0 Å². The highest BCUT2D eigenvalue weighted by Crippen LogP contribution is 2.17. The van der Waals surface area contributed by atoms with Gasteiger partial charge in [0.25, 0.3) is 0 Å². The average molecular weight is 159 g/mol. The Bertz CT molecular complexity index is 96.3. The molecule has 3 heteroatoms. The molecule has 0 spiro atoms. The molecule has 1 heterocycles. The number of nitrogens with zero attached hydrogens (tertiary/aromatic N) is 1. The van der Waals surface area contributed by atoms with E-state index in [4.69, 9.17) is 9.57 Å². The Labute approximate surface area is 68.2 Å². The SMILES string of the molecule is CCOC1CCCN1OCC. The van der Waals surface area contributed by atoms with Gasteiger partial charge in [0.15, 0.2) is 0 Å². The second-order valence-corrected chi connectivity index (χ2v) is 2.61. The van der Waals surface area contributed by atoms with Gasteiger partial charge in [-0.2, -0.15) is 5.06 Å². The molecule has 11 heavy (non-hydrogen) atoms. The van der Waals surface area contributed by atoms with Crippen LogP contribution in [0.2, 0.25) is 0 Å². The van der Waals surface area contributed by atoms with Gasteiger partial charge in [-0.05, 0) is 26.7 Å². The van der Waals surface area contributed by atoms with Gasteiger partial charge in [0, 0.05) is 13.2 Å². The van der Waals surface area contributed by atoms with E-state index < -0.39 is 0 Å². The van der Waals surface area contributed by atoms with Gasteiger partial charge in [0.1, 0.15) is 6.23 Å². The van der Waals surface area contributed by atoms with Crippen LogP contribution in [0.15, 0.2) is 0 Å². The molecule has 1 saturated heterocycles. The van der Waals surface area contributed by atoms with E-state index in [1.807, 2.05) is 18.9 Å². The number of rotatable bonds is 4. The summed E-state index contributed by atoms with van der Waals surface area (Å²) >= 11 is 0. The smallest absolute Gasteiger partial charge is 0.133 e. The Morgan fingerprint density at radius 3 is 2.82 bits per heavy atom. The van der Waals surface area contributed by atoms with Crippen LogP contribution in [0, 0.1) is 0 Å². The van der Waals surface area contributed by atoms with E-state index in [2.05, 4.69) is 0 Å². The summed E-state index contributed by atoms with van der Waals surface area (Å²) in [4.78, 5) is 5.38. The number of hydroxylamine groups is 2. The van der Waals surface area contributed by atoms with Crippen molar-refractivity contribution in [1.82, 2.24) is 5.06 Å². The minimum absolute atomic E-state index is 0.208. The lowest BCUT2D eigenvalue weighted by atomic mass is 10.4. The zero-order valence-corrected chi connectivity index (χ0v) is 7.38. The molecule has 1 aliphatic heterocycles. The summed E-state index contributed by atoms with van der Waals surface area (Å²) in [6.07, 6.45) is 2.50. The summed E-state index contributed by atoms with van der Waals surface area (Å²) in [6.45, 7) is 6.54. The van der Waals surface area contributed by atoms with E-state index in [1.54, 1.807) is 0 Å². The molecule has 1 rings (SSSR count). The van der Waals surface area contributed by atoms with Gasteiger partial charge in [0.05, 0.1) is 6.61 Å². The molecular weight excluding hydrogens is 142 g/mol. The Morgan fingerprint density at radius 1 is 1.36 bits per heavy atom. The third kappa shape index (κ3) is 2.43. The molecule has 0 N–H and O–H groups in total. The van der Waals surface area contributed by atoms with Gasteiger partial charge in [-0.15, -0.1) is 0 Å². The van der Waals surface area contributed by atoms with Crippen LogP contribution in [-0.2, 0) is 9.57 Å². The third-order valence-corrected chi connectivity index (χ3v) is 1.80. The van der Waals surface area contributed by atoms with Crippen LogP contribution in [0.4, 0.5) is 0 Å². The maximum atomic E-state index is 5.47. The summed E-state index contributed by atoms with van der Waals surface area (Å²) in [7, 11) is 0. The summed E-state index contributed by atoms with van der Waals surface area (Å²) in [5.74, 6) is 0. The Balaban J connectivity index is 2.25. The van der Waals surface area contributed by atoms with Crippen LogP contribution in [0.25, 0.3) is 0 Å². The first-order chi connectivity index (χ1) is 5.38. The van der Waals surface area contributed by atoms with Crippen molar-refractivity contribution in [2.24, 2.45) is 0 Å². The van der Waals surface area contributed by atoms with E-state index in [0.29, 0.717) is 0 Å². The molecule has 1 unspecified atom stereocenters. The first-order valence-corrected chi connectivity index (χ1v) is 4.39. The minimum atomic E-state index is 0.208. The normalized spacial score (nSPS) is 26.2. The Morgan fingerprint density at radius 2 is 2.18 bits per heavy atom. The van der Waals surface area contributed by atoms with E-state index in [1.165, 1.54) is 6.42 Å². The first kappa shape index (κ1) is 8.97. The van der Waals surface area contributed by atoms with E-state index in [0.717, 1.165) is 26.2 Å². The Kier molecular flexibility index (Phi) is 3.83. The van der Waals surface area contributed by atoms with Crippen molar-refractivity contribution in [2.45, 2.75) is 32.9 Å². The van der Waals surface area contributed by atoms with Crippen molar-refractivity contribution >= 4 is 0 Å². The van der Waals surface area contributed by atoms with E-state index in [-0.39, 0.29) is 6.23 Å². The molecular formula is C8H17NO2. The molecule has 0 aromatic carbocycles. The molecule has 0 aromatic heterocycles. The fourth-order valence-electron chi connectivity index (χ4n) is 1.38. The Hall–Kier alpha value is -0.120. The molecule has 0 radical (unpaired) electrons. The second kappa shape index (κ2) is 4.70.